The van der Waals surface area contributed by atoms with Gasteiger partial charge in [0.15, 0.2) is 5.96 Å². The summed E-state index contributed by atoms with van der Waals surface area (Å²) < 4.78 is 9.77. The van der Waals surface area contributed by atoms with Crippen molar-refractivity contribution >= 4 is 24.1 Å². The van der Waals surface area contributed by atoms with Crippen molar-refractivity contribution in [3.05, 3.63) is 0 Å². The second-order valence-electron chi connectivity index (χ2n) is 7.72. The van der Waals surface area contributed by atoms with Gasteiger partial charge in [0, 0.05) is 19.1 Å². The number of amides is 3. The lowest BCUT2D eigenvalue weighted by molar-refractivity contribution is -0.122. The number of carbonyl (C=O) groups is 3. The van der Waals surface area contributed by atoms with Crippen LogP contribution in [0.3, 0.4) is 0 Å². The third-order valence-corrected chi connectivity index (χ3v) is 4.40. The molecule has 0 saturated carbocycles. The number of aliphatic imine (C=N–C) groups is 1. The van der Waals surface area contributed by atoms with Gasteiger partial charge in [-0.25, -0.2) is 9.59 Å². The van der Waals surface area contributed by atoms with Gasteiger partial charge < -0.3 is 49.2 Å². The van der Waals surface area contributed by atoms with E-state index in [1.54, 1.807) is 0 Å². The number of guanidine groups is 1. The van der Waals surface area contributed by atoms with E-state index in [1.807, 2.05) is 0 Å². The van der Waals surface area contributed by atoms with Crippen LogP contribution in [-0.4, -0.2) is 87.5 Å². The molecule has 0 bridgehead atoms. The van der Waals surface area contributed by atoms with E-state index in [9.17, 15) is 14.4 Å². The van der Waals surface area contributed by atoms with Crippen LogP contribution in [0.2, 0.25) is 0 Å². The Bertz CT molecular complexity index is 588. The van der Waals surface area contributed by atoms with Gasteiger partial charge in [-0.15, -0.1) is 0 Å². The monoisotopic (exact) mass is 505 g/mol. The summed E-state index contributed by atoms with van der Waals surface area (Å²) in [5, 5.41) is 2.53. The van der Waals surface area contributed by atoms with Gasteiger partial charge >= 0.3 is 12.2 Å². The Balaban J connectivity index is 0. The Hall–Kier alpha value is -2.84. The second kappa shape index (κ2) is 24.3. The fourth-order valence-electron chi connectivity index (χ4n) is 2.55. The van der Waals surface area contributed by atoms with Gasteiger partial charge in [-0.05, 0) is 45.2 Å². The first-order valence-electron chi connectivity index (χ1n) is 12.0. The summed E-state index contributed by atoms with van der Waals surface area (Å²) in [5.74, 6) is -0.403. The van der Waals surface area contributed by atoms with Crippen LogP contribution in [0.4, 0.5) is 9.59 Å². The normalized spacial score (nSPS) is 10.9. The summed E-state index contributed by atoms with van der Waals surface area (Å²) in [6.07, 6.45) is 4.36. The quantitative estimate of drug-likeness (QED) is 0.0671. The van der Waals surface area contributed by atoms with Crippen molar-refractivity contribution in [3.63, 3.8) is 0 Å². The maximum absolute atomic E-state index is 12.4. The highest BCUT2D eigenvalue weighted by molar-refractivity contribution is 5.82. The van der Waals surface area contributed by atoms with Crippen molar-refractivity contribution in [2.24, 2.45) is 39.4 Å². The molecule has 0 aromatic carbocycles. The highest BCUT2D eigenvalue weighted by Crippen LogP contribution is 2.03. The number of ether oxygens (including phenoxy) is 2. The van der Waals surface area contributed by atoms with Crippen LogP contribution in [0.25, 0.3) is 0 Å². The lowest BCUT2D eigenvalue weighted by Gasteiger charge is -2.22. The van der Waals surface area contributed by atoms with E-state index in [0.717, 1.165) is 19.4 Å². The molecular weight excluding hydrogens is 458 g/mol. The minimum absolute atomic E-state index is 0.00796. The third kappa shape index (κ3) is 25.6. The Kier molecular flexibility index (Phi) is 23.8. The molecule has 0 fully saturated rings. The van der Waals surface area contributed by atoms with Gasteiger partial charge in [0.1, 0.15) is 19.8 Å². The van der Waals surface area contributed by atoms with E-state index in [-0.39, 0.29) is 38.3 Å². The molecular formula is C21H47N9O5. The van der Waals surface area contributed by atoms with Crippen LogP contribution in [-0.2, 0) is 14.3 Å². The molecule has 0 rings (SSSR count). The first-order chi connectivity index (χ1) is 16.7. The summed E-state index contributed by atoms with van der Waals surface area (Å²) in [5.41, 5.74) is 31.9. The van der Waals surface area contributed by atoms with Crippen molar-refractivity contribution in [1.29, 1.82) is 0 Å². The SMILES string of the molecule is CCCCN.NCCCCCN(CC(=O)NCCOC(N)=O)C(=O)OCC(N)CCCN=C(N)N. The average molecular weight is 506 g/mol. The summed E-state index contributed by atoms with van der Waals surface area (Å²) in [4.78, 5) is 40.1. The molecule has 206 valence electrons. The van der Waals surface area contributed by atoms with Gasteiger partial charge in [0.2, 0.25) is 5.91 Å². The molecule has 0 aromatic rings. The molecule has 0 saturated heterocycles. The molecule has 0 aliphatic carbocycles. The highest BCUT2D eigenvalue weighted by atomic mass is 16.6. The molecule has 14 nitrogen and oxygen atoms in total. The van der Waals surface area contributed by atoms with Crippen molar-refractivity contribution in [1.82, 2.24) is 10.2 Å². The summed E-state index contributed by atoms with van der Waals surface area (Å²) in [6, 6.07) is -0.373. The minimum atomic E-state index is -0.927. The molecule has 14 heteroatoms. The lowest BCUT2D eigenvalue weighted by Crippen LogP contribution is -2.43. The van der Waals surface area contributed by atoms with Gasteiger partial charge in [-0.2, -0.15) is 0 Å². The maximum atomic E-state index is 12.4. The van der Waals surface area contributed by atoms with Crippen LogP contribution in [0.5, 0.6) is 0 Å². The zero-order chi connectivity index (χ0) is 26.9. The molecule has 0 heterocycles. The van der Waals surface area contributed by atoms with E-state index in [0.29, 0.717) is 38.9 Å². The van der Waals surface area contributed by atoms with Crippen LogP contribution in [0.15, 0.2) is 4.99 Å². The predicted molar refractivity (Wildman–Crippen MR) is 136 cm³/mol. The fourth-order valence-corrected chi connectivity index (χ4v) is 2.55. The Labute approximate surface area is 208 Å². The highest BCUT2D eigenvalue weighted by Gasteiger charge is 2.19. The maximum Gasteiger partial charge on any atom is 0.410 e. The minimum Gasteiger partial charge on any atom is -0.448 e. The first-order valence-corrected chi connectivity index (χ1v) is 12.0. The molecule has 1 atom stereocenters. The van der Waals surface area contributed by atoms with Gasteiger partial charge in [-0.1, -0.05) is 19.8 Å². The molecule has 35 heavy (non-hydrogen) atoms. The standard InChI is InChI=1S/C17H36N8O5.C4H11N/c18-6-2-1-3-9-25(11-14(26)23-8-10-29-16(22)27)17(28)30-12-13(19)5-4-7-24-15(20)21;1-2-3-4-5/h13H,1-12,18-19H2,(H2,22,27)(H,23,26)(H4,20,21,24);2-5H2,1H3. The van der Waals surface area contributed by atoms with Crippen molar-refractivity contribution < 1.29 is 23.9 Å². The average Bonchev–Trinajstić information content (AvgIpc) is 2.80. The van der Waals surface area contributed by atoms with Crippen LogP contribution >= 0.6 is 0 Å². The number of carbonyl (C=O) groups excluding carboxylic acids is 3. The summed E-state index contributed by atoms with van der Waals surface area (Å²) in [6.45, 7) is 4.14. The van der Waals surface area contributed by atoms with Gasteiger partial charge in [-0.3, -0.25) is 14.7 Å². The Morgan fingerprint density at radius 1 is 0.971 bits per heavy atom. The van der Waals surface area contributed by atoms with Crippen molar-refractivity contribution in [3.8, 4) is 0 Å². The number of nitrogens with two attached hydrogens (primary N) is 6. The number of rotatable bonds is 18. The summed E-state index contributed by atoms with van der Waals surface area (Å²) >= 11 is 0. The van der Waals surface area contributed by atoms with Crippen molar-refractivity contribution in [2.45, 2.75) is 57.9 Å². The second-order valence-corrected chi connectivity index (χ2v) is 7.72. The zero-order valence-electron chi connectivity index (χ0n) is 21.1. The number of nitrogens with one attached hydrogen (secondary N) is 1. The van der Waals surface area contributed by atoms with Crippen LogP contribution < -0.4 is 39.7 Å². The molecule has 0 spiro atoms. The van der Waals surface area contributed by atoms with Crippen LogP contribution in [0.1, 0.15) is 51.9 Å². The molecule has 1 unspecified atom stereocenters. The van der Waals surface area contributed by atoms with Crippen LogP contribution in [0, 0.1) is 0 Å². The largest absolute Gasteiger partial charge is 0.448 e. The number of primary amides is 1. The third-order valence-electron chi connectivity index (χ3n) is 4.40. The van der Waals surface area contributed by atoms with Gasteiger partial charge in [0.05, 0.1) is 6.54 Å². The summed E-state index contributed by atoms with van der Waals surface area (Å²) in [7, 11) is 0. The molecule has 0 radical (unpaired) electrons. The Morgan fingerprint density at radius 2 is 1.66 bits per heavy atom. The van der Waals surface area contributed by atoms with E-state index >= 15 is 0 Å². The smallest absolute Gasteiger partial charge is 0.410 e. The molecule has 0 aromatic heterocycles. The molecule has 13 N–H and O–H groups in total. The van der Waals surface area contributed by atoms with Crippen molar-refractivity contribution in [2.75, 3.05) is 52.5 Å². The number of hydrogen-bond acceptors (Lipinski definition) is 9. The lowest BCUT2D eigenvalue weighted by atomic mass is 10.2. The van der Waals surface area contributed by atoms with Gasteiger partial charge in [0.25, 0.3) is 0 Å². The first kappa shape index (κ1) is 34.3. The molecule has 3 amide bonds. The Morgan fingerprint density at radius 3 is 2.20 bits per heavy atom. The topological polar surface area (TPSA) is 253 Å². The fraction of sp³-hybridized carbons (Fsp3) is 0.810. The number of nitrogens with zero attached hydrogens (tertiary/aromatic N) is 2. The van der Waals surface area contributed by atoms with E-state index < -0.39 is 18.1 Å². The number of unbranched alkanes of at least 4 members (excludes halogenated alkanes) is 3. The van der Waals surface area contributed by atoms with E-state index in [4.69, 9.17) is 39.1 Å². The van der Waals surface area contributed by atoms with E-state index in [1.165, 1.54) is 17.7 Å². The number of hydrogen-bond donors (Lipinski definition) is 7. The molecule has 0 aliphatic rings. The predicted octanol–water partition coefficient (Wildman–Crippen LogP) is -1.11. The van der Waals surface area contributed by atoms with E-state index in [2.05, 4.69) is 22.0 Å². The molecule has 0 aliphatic heterocycles. The zero-order valence-corrected chi connectivity index (χ0v) is 21.1.